The van der Waals surface area contributed by atoms with Gasteiger partial charge in [-0.3, -0.25) is 0 Å². The van der Waals surface area contributed by atoms with Crippen molar-refractivity contribution < 1.29 is 19.8 Å². The standard InChI is InChI=1S/C14H18N2O4/c1-14(6-2-3-7-14)16-13(20)15-9-4-5-11(17)10(8-9)12(18)19/h4-5,8,17H,2-3,6-7H2,1H3,(H,18,19)(H2,15,16,20). The molecule has 1 aromatic carbocycles. The number of phenols is 1. The summed E-state index contributed by atoms with van der Waals surface area (Å²) >= 11 is 0. The van der Waals surface area contributed by atoms with Gasteiger partial charge in [0.05, 0.1) is 0 Å². The summed E-state index contributed by atoms with van der Waals surface area (Å²) in [6, 6.07) is 3.57. The zero-order chi connectivity index (χ0) is 14.8. The van der Waals surface area contributed by atoms with Crippen LogP contribution in [0.4, 0.5) is 10.5 Å². The number of carbonyl (C=O) groups is 2. The molecule has 1 aromatic rings. The van der Waals surface area contributed by atoms with Gasteiger partial charge in [0.1, 0.15) is 11.3 Å². The summed E-state index contributed by atoms with van der Waals surface area (Å²) in [5.74, 6) is -1.57. The lowest BCUT2D eigenvalue weighted by atomic mass is 10.0. The zero-order valence-electron chi connectivity index (χ0n) is 11.3. The lowest BCUT2D eigenvalue weighted by molar-refractivity contribution is 0.0693. The van der Waals surface area contributed by atoms with E-state index >= 15 is 0 Å². The highest BCUT2D eigenvalue weighted by Gasteiger charge is 2.30. The van der Waals surface area contributed by atoms with Crippen LogP contribution in [-0.2, 0) is 0 Å². The van der Waals surface area contributed by atoms with E-state index in [-0.39, 0.29) is 22.9 Å². The average molecular weight is 278 g/mol. The number of urea groups is 1. The van der Waals surface area contributed by atoms with E-state index in [1.807, 2.05) is 6.92 Å². The Morgan fingerprint density at radius 1 is 1.25 bits per heavy atom. The molecule has 2 rings (SSSR count). The molecule has 0 bridgehead atoms. The van der Waals surface area contributed by atoms with Crippen LogP contribution in [0.25, 0.3) is 0 Å². The summed E-state index contributed by atoms with van der Waals surface area (Å²) in [4.78, 5) is 22.8. The number of amides is 2. The smallest absolute Gasteiger partial charge is 0.339 e. The van der Waals surface area contributed by atoms with Crippen LogP contribution in [0.3, 0.4) is 0 Å². The molecule has 1 saturated carbocycles. The Labute approximate surface area is 116 Å². The number of hydrogen-bond donors (Lipinski definition) is 4. The van der Waals surface area contributed by atoms with E-state index in [4.69, 9.17) is 5.11 Å². The Balaban J connectivity index is 2.04. The van der Waals surface area contributed by atoms with Crippen molar-refractivity contribution in [3.8, 4) is 5.75 Å². The van der Waals surface area contributed by atoms with Crippen molar-refractivity contribution in [2.45, 2.75) is 38.1 Å². The van der Waals surface area contributed by atoms with E-state index in [0.717, 1.165) is 25.7 Å². The third-order valence-electron chi connectivity index (χ3n) is 3.61. The number of hydrogen-bond acceptors (Lipinski definition) is 3. The number of rotatable bonds is 3. The highest BCUT2D eigenvalue weighted by Crippen LogP contribution is 2.29. The Hall–Kier alpha value is -2.24. The van der Waals surface area contributed by atoms with Crippen LogP contribution < -0.4 is 10.6 Å². The first-order chi connectivity index (χ1) is 9.39. The highest BCUT2D eigenvalue weighted by atomic mass is 16.4. The summed E-state index contributed by atoms with van der Waals surface area (Å²) in [7, 11) is 0. The molecule has 1 aliphatic carbocycles. The molecular weight excluding hydrogens is 260 g/mol. The molecule has 108 valence electrons. The molecule has 4 N–H and O–H groups in total. The van der Waals surface area contributed by atoms with Gasteiger partial charge in [-0.1, -0.05) is 12.8 Å². The van der Waals surface area contributed by atoms with E-state index in [0.29, 0.717) is 5.69 Å². The molecule has 0 aliphatic heterocycles. The maximum atomic E-state index is 11.9. The van der Waals surface area contributed by atoms with Gasteiger partial charge in [0.15, 0.2) is 0 Å². The summed E-state index contributed by atoms with van der Waals surface area (Å²) in [5.41, 5.74) is -0.106. The van der Waals surface area contributed by atoms with E-state index in [1.54, 1.807) is 0 Å². The fourth-order valence-corrected chi connectivity index (χ4v) is 2.50. The predicted molar refractivity (Wildman–Crippen MR) is 74.1 cm³/mol. The number of nitrogens with one attached hydrogen (secondary N) is 2. The normalized spacial score (nSPS) is 16.6. The van der Waals surface area contributed by atoms with E-state index in [2.05, 4.69) is 10.6 Å². The minimum absolute atomic E-state index is 0.198. The van der Waals surface area contributed by atoms with Crippen LogP contribution in [0.5, 0.6) is 5.75 Å². The minimum Gasteiger partial charge on any atom is -0.507 e. The molecule has 1 aliphatic rings. The topological polar surface area (TPSA) is 98.7 Å². The van der Waals surface area contributed by atoms with Crippen molar-refractivity contribution in [1.82, 2.24) is 5.32 Å². The van der Waals surface area contributed by atoms with Crippen molar-refractivity contribution in [3.63, 3.8) is 0 Å². The Bertz CT molecular complexity index is 536. The molecule has 1 fully saturated rings. The number of carbonyl (C=O) groups excluding carboxylic acids is 1. The average Bonchev–Trinajstić information content (AvgIpc) is 2.77. The Morgan fingerprint density at radius 3 is 2.50 bits per heavy atom. The van der Waals surface area contributed by atoms with Gasteiger partial charge in [-0.25, -0.2) is 9.59 Å². The van der Waals surface area contributed by atoms with Gasteiger partial charge in [0.25, 0.3) is 0 Å². The number of benzene rings is 1. The maximum absolute atomic E-state index is 11.9. The van der Waals surface area contributed by atoms with Crippen molar-refractivity contribution >= 4 is 17.7 Å². The maximum Gasteiger partial charge on any atom is 0.339 e. The fraction of sp³-hybridized carbons (Fsp3) is 0.429. The number of aromatic hydroxyl groups is 1. The van der Waals surface area contributed by atoms with Crippen molar-refractivity contribution in [1.29, 1.82) is 0 Å². The number of carboxylic acids is 1. The summed E-state index contributed by atoms with van der Waals surface area (Å²) in [6.45, 7) is 2.00. The van der Waals surface area contributed by atoms with Gasteiger partial charge in [-0.15, -0.1) is 0 Å². The van der Waals surface area contributed by atoms with E-state index in [1.165, 1.54) is 18.2 Å². The monoisotopic (exact) mass is 278 g/mol. The Morgan fingerprint density at radius 2 is 1.90 bits per heavy atom. The molecule has 6 nitrogen and oxygen atoms in total. The van der Waals surface area contributed by atoms with Crippen LogP contribution in [0, 0.1) is 0 Å². The molecule has 0 saturated heterocycles. The first-order valence-electron chi connectivity index (χ1n) is 6.55. The van der Waals surface area contributed by atoms with Gasteiger partial charge in [-0.2, -0.15) is 0 Å². The summed E-state index contributed by atoms with van der Waals surface area (Å²) in [6.07, 6.45) is 4.07. The van der Waals surface area contributed by atoms with Gasteiger partial charge >= 0.3 is 12.0 Å². The molecule has 0 aromatic heterocycles. The van der Waals surface area contributed by atoms with Crippen LogP contribution in [-0.4, -0.2) is 27.8 Å². The summed E-state index contributed by atoms with van der Waals surface area (Å²) in [5, 5.41) is 23.8. The largest absolute Gasteiger partial charge is 0.507 e. The van der Waals surface area contributed by atoms with Gasteiger partial charge < -0.3 is 20.8 Å². The van der Waals surface area contributed by atoms with Crippen LogP contribution in [0.1, 0.15) is 43.0 Å². The van der Waals surface area contributed by atoms with Crippen molar-refractivity contribution in [3.05, 3.63) is 23.8 Å². The third-order valence-corrected chi connectivity index (χ3v) is 3.61. The minimum atomic E-state index is -1.24. The van der Waals surface area contributed by atoms with Gasteiger partial charge in [0.2, 0.25) is 0 Å². The first kappa shape index (κ1) is 14.2. The summed E-state index contributed by atoms with van der Waals surface area (Å²) < 4.78 is 0. The van der Waals surface area contributed by atoms with E-state index in [9.17, 15) is 14.7 Å². The predicted octanol–water partition coefficient (Wildman–Crippen LogP) is 2.54. The number of carboxylic acid groups (broad SMARTS) is 1. The van der Waals surface area contributed by atoms with Crippen LogP contribution >= 0.6 is 0 Å². The molecule has 20 heavy (non-hydrogen) atoms. The molecule has 0 heterocycles. The second-order valence-corrected chi connectivity index (χ2v) is 5.38. The SMILES string of the molecule is CC1(NC(=O)Nc2ccc(O)c(C(=O)O)c2)CCCC1. The highest BCUT2D eigenvalue weighted by molar-refractivity contribution is 5.95. The van der Waals surface area contributed by atoms with Crippen LogP contribution in [0.15, 0.2) is 18.2 Å². The lowest BCUT2D eigenvalue weighted by Gasteiger charge is -2.25. The molecule has 0 radical (unpaired) electrons. The quantitative estimate of drug-likeness (QED) is 0.638. The molecule has 2 amide bonds. The first-order valence-corrected chi connectivity index (χ1v) is 6.55. The van der Waals surface area contributed by atoms with Gasteiger partial charge in [0, 0.05) is 11.2 Å². The fourth-order valence-electron chi connectivity index (χ4n) is 2.50. The number of aromatic carboxylic acids is 1. The molecular formula is C14H18N2O4. The Kier molecular flexibility index (Phi) is 3.83. The molecule has 0 spiro atoms. The zero-order valence-corrected chi connectivity index (χ0v) is 11.3. The van der Waals surface area contributed by atoms with Gasteiger partial charge in [-0.05, 0) is 38.0 Å². The molecule has 0 atom stereocenters. The molecule has 6 heteroatoms. The van der Waals surface area contributed by atoms with Crippen LogP contribution in [0.2, 0.25) is 0 Å². The molecule has 0 unspecified atom stereocenters. The second-order valence-electron chi connectivity index (χ2n) is 5.38. The van der Waals surface area contributed by atoms with Crippen molar-refractivity contribution in [2.75, 3.05) is 5.32 Å². The lowest BCUT2D eigenvalue weighted by Crippen LogP contribution is -2.45. The van der Waals surface area contributed by atoms with Crippen molar-refractivity contribution in [2.24, 2.45) is 0 Å². The van der Waals surface area contributed by atoms with E-state index < -0.39 is 5.97 Å². The third kappa shape index (κ3) is 3.20. The number of anilines is 1. The second kappa shape index (κ2) is 5.40.